The first-order chi connectivity index (χ1) is 10.6. The monoisotopic (exact) mass is 385 g/mol. The number of amides is 1. The number of hydrogen-bond donors (Lipinski definition) is 0. The third-order valence-corrected chi connectivity index (χ3v) is 5.59. The van der Waals surface area contributed by atoms with Crippen molar-refractivity contribution in [2.75, 3.05) is 25.4 Å². The summed E-state index contributed by atoms with van der Waals surface area (Å²) in [7, 11) is 0. The van der Waals surface area contributed by atoms with Crippen LogP contribution in [0.1, 0.15) is 19.8 Å². The summed E-state index contributed by atoms with van der Waals surface area (Å²) in [4.78, 5) is 27.0. The van der Waals surface area contributed by atoms with Gasteiger partial charge >= 0.3 is 5.97 Å². The summed E-state index contributed by atoms with van der Waals surface area (Å²) in [5, 5.41) is 0. The van der Waals surface area contributed by atoms with Crippen molar-refractivity contribution in [3.63, 3.8) is 0 Å². The molecule has 1 amide bonds. The van der Waals surface area contributed by atoms with Gasteiger partial charge in [0.15, 0.2) is 0 Å². The maximum atomic E-state index is 12.3. The van der Waals surface area contributed by atoms with Crippen LogP contribution in [-0.2, 0) is 14.3 Å². The molecule has 0 radical (unpaired) electrons. The van der Waals surface area contributed by atoms with E-state index in [1.807, 2.05) is 24.3 Å². The number of ether oxygens (including phenoxy) is 1. The first-order valence-electron chi connectivity index (χ1n) is 7.43. The predicted octanol–water partition coefficient (Wildman–Crippen LogP) is 3.34. The standard InChI is InChI=1S/C16H20BrNO3S/c1-2-21-16(20)12-6-5-9-18(10-12)15(19)11-22-14-8-4-3-7-13(14)17/h3-4,7-8,12H,2,5-6,9-11H2,1H3. The summed E-state index contributed by atoms with van der Waals surface area (Å²) in [6.45, 7) is 3.40. The average molecular weight is 386 g/mol. The van der Waals surface area contributed by atoms with Crippen LogP contribution >= 0.6 is 27.7 Å². The number of carbonyl (C=O) groups excluding carboxylic acids is 2. The number of likely N-dealkylation sites (tertiary alicyclic amines) is 1. The molecule has 1 aromatic rings. The van der Waals surface area contributed by atoms with Gasteiger partial charge in [-0.3, -0.25) is 9.59 Å². The Balaban J connectivity index is 1.87. The van der Waals surface area contributed by atoms with E-state index in [1.165, 1.54) is 11.8 Å². The molecule has 0 aliphatic carbocycles. The Morgan fingerprint density at radius 3 is 2.91 bits per heavy atom. The average Bonchev–Trinajstić information content (AvgIpc) is 2.54. The molecule has 2 rings (SSSR count). The van der Waals surface area contributed by atoms with Crippen LogP contribution in [0.15, 0.2) is 33.6 Å². The summed E-state index contributed by atoms with van der Waals surface area (Å²) in [5.41, 5.74) is 0. The number of thioether (sulfide) groups is 1. The van der Waals surface area contributed by atoms with E-state index in [-0.39, 0.29) is 17.8 Å². The second kappa shape index (κ2) is 8.58. The molecule has 1 aliphatic heterocycles. The summed E-state index contributed by atoms with van der Waals surface area (Å²) < 4.78 is 6.06. The quantitative estimate of drug-likeness (QED) is 0.575. The smallest absolute Gasteiger partial charge is 0.310 e. The number of hydrogen-bond acceptors (Lipinski definition) is 4. The van der Waals surface area contributed by atoms with Gasteiger partial charge < -0.3 is 9.64 Å². The Morgan fingerprint density at radius 1 is 1.41 bits per heavy atom. The summed E-state index contributed by atoms with van der Waals surface area (Å²) in [6.07, 6.45) is 1.66. The number of piperidine rings is 1. The van der Waals surface area contributed by atoms with Gasteiger partial charge in [-0.25, -0.2) is 0 Å². The first kappa shape index (κ1) is 17.3. The lowest BCUT2D eigenvalue weighted by atomic mass is 9.98. The fourth-order valence-electron chi connectivity index (χ4n) is 2.45. The highest BCUT2D eigenvalue weighted by molar-refractivity contribution is 9.10. The van der Waals surface area contributed by atoms with Crippen molar-refractivity contribution in [1.82, 2.24) is 4.90 Å². The van der Waals surface area contributed by atoms with Gasteiger partial charge in [0.1, 0.15) is 0 Å². The van der Waals surface area contributed by atoms with Gasteiger partial charge in [0.2, 0.25) is 5.91 Å². The second-order valence-electron chi connectivity index (χ2n) is 5.15. The summed E-state index contributed by atoms with van der Waals surface area (Å²) >= 11 is 5.00. The van der Waals surface area contributed by atoms with Crippen molar-refractivity contribution in [3.05, 3.63) is 28.7 Å². The van der Waals surface area contributed by atoms with Crippen molar-refractivity contribution in [1.29, 1.82) is 0 Å². The molecule has 1 fully saturated rings. The number of halogens is 1. The van der Waals surface area contributed by atoms with Crippen LogP contribution in [0.5, 0.6) is 0 Å². The van der Waals surface area contributed by atoms with Gasteiger partial charge in [-0.2, -0.15) is 0 Å². The van der Waals surface area contributed by atoms with E-state index in [2.05, 4.69) is 15.9 Å². The van der Waals surface area contributed by atoms with Crippen LogP contribution in [0.25, 0.3) is 0 Å². The van der Waals surface area contributed by atoms with E-state index >= 15 is 0 Å². The van der Waals surface area contributed by atoms with Gasteiger partial charge in [0.25, 0.3) is 0 Å². The number of esters is 1. The third kappa shape index (κ3) is 4.74. The highest BCUT2D eigenvalue weighted by Crippen LogP contribution is 2.27. The number of nitrogens with zero attached hydrogens (tertiary/aromatic N) is 1. The predicted molar refractivity (Wildman–Crippen MR) is 90.8 cm³/mol. The Kier molecular flexibility index (Phi) is 6.76. The molecule has 1 unspecified atom stereocenters. The highest BCUT2D eigenvalue weighted by Gasteiger charge is 2.29. The SMILES string of the molecule is CCOC(=O)C1CCCN(C(=O)CSc2ccccc2Br)C1. The summed E-state index contributed by atoms with van der Waals surface area (Å²) in [5.74, 6) is 0.109. The maximum Gasteiger partial charge on any atom is 0.310 e. The number of rotatable bonds is 5. The normalized spacial score (nSPS) is 18.1. The molecular weight excluding hydrogens is 366 g/mol. The zero-order valence-electron chi connectivity index (χ0n) is 12.6. The number of carbonyl (C=O) groups is 2. The van der Waals surface area contributed by atoms with E-state index in [1.54, 1.807) is 11.8 Å². The third-order valence-electron chi connectivity index (χ3n) is 3.58. The Morgan fingerprint density at radius 2 is 2.18 bits per heavy atom. The molecule has 1 aromatic carbocycles. The van der Waals surface area contributed by atoms with Crippen LogP contribution in [0.4, 0.5) is 0 Å². The van der Waals surface area contributed by atoms with Gasteiger partial charge in [-0.1, -0.05) is 12.1 Å². The zero-order valence-corrected chi connectivity index (χ0v) is 15.0. The van der Waals surface area contributed by atoms with Crippen LogP contribution in [0.2, 0.25) is 0 Å². The molecule has 120 valence electrons. The molecular formula is C16H20BrNO3S. The van der Waals surface area contributed by atoms with Crippen LogP contribution in [0.3, 0.4) is 0 Å². The van der Waals surface area contributed by atoms with Crippen molar-refractivity contribution in [2.24, 2.45) is 5.92 Å². The lowest BCUT2D eigenvalue weighted by Gasteiger charge is -2.31. The molecule has 0 N–H and O–H groups in total. The van der Waals surface area contributed by atoms with E-state index in [9.17, 15) is 9.59 Å². The van der Waals surface area contributed by atoms with Gasteiger partial charge in [-0.15, -0.1) is 11.8 Å². The fraction of sp³-hybridized carbons (Fsp3) is 0.500. The molecule has 4 nitrogen and oxygen atoms in total. The lowest BCUT2D eigenvalue weighted by molar-refractivity contribution is -0.151. The number of benzene rings is 1. The molecule has 0 saturated carbocycles. The molecule has 1 atom stereocenters. The molecule has 1 heterocycles. The van der Waals surface area contributed by atoms with Gasteiger partial charge in [-0.05, 0) is 47.8 Å². The van der Waals surface area contributed by atoms with Crippen molar-refractivity contribution in [3.8, 4) is 0 Å². The minimum Gasteiger partial charge on any atom is -0.466 e. The second-order valence-corrected chi connectivity index (χ2v) is 7.02. The molecule has 6 heteroatoms. The molecule has 22 heavy (non-hydrogen) atoms. The highest BCUT2D eigenvalue weighted by atomic mass is 79.9. The fourth-order valence-corrected chi connectivity index (χ4v) is 3.92. The minimum atomic E-state index is -0.182. The van der Waals surface area contributed by atoms with Crippen LogP contribution in [-0.4, -0.2) is 42.2 Å². The zero-order chi connectivity index (χ0) is 15.9. The van der Waals surface area contributed by atoms with E-state index in [0.717, 1.165) is 28.8 Å². The van der Waals surface area contributed by atoms with Crippen molar-refractivity contribution >= 4 is 39.6 Å². The Bertz CT molecular complexity index is 538. The first-order valence-corrected chi connectivity index (χ1v) is 9.21. The van der Waals surface area contributed by atoms with Crippen LogP contribution < -0.4 is 0 Å². The lowest BCUT2D eigenvalue weighted by Crippen LogP contribution is -2.43. The topological polar surface area (TPSA) is 46.6 Å². The molecule has 1 aliphatic rings. The minimum absolute atomic E-state index is 0.0785. The molecule has 0 aromatic heterocycles. The maximum absolute atomic E-state index is 12.3. The van der Waals surface area contributed by atoms with E-state index < -0.39 is 0 Å². The molecule has 0 bridgehead atoms. The molecule has 1 saturated heterocycles. The van der Waals surface area contributed by atoms with Crippen LogP contribution in [0, 0.1) is 5.92 Å². The van der Waals surface area contributed by atoms with Gasteiger partial charge in [0.05, 0.1) is 18.3 Å². The van der Waals surface area contributed by atoms with Crippen molar-refractivity contribution < 1.29 is 14.3 Å². The Labute approximate surface area is 143 Å². The van der Waals surface area contributed by atoms with E-state index in [0.29, 0.717) is 18.9 Å². The summed E-state index contributed by atoms with van der Waals surface area (Å²) in [6, 6.07) is 7.85. The van der Waals surface area contributed by atoms with Gasteiger partial charge in [0, 0.05) is 22.5 Å². The van der Waals surface area contributed by atoms with E-state index in [4.69, 9.17) is 4.74 Å². The largest absolute Gasteiger partial charge is 0.466 e. The van der Waals surface area contributed by atoms with Crippen molar-refractivity contribution in [2.45, 2.75) is 24.7 Å². The Hall–Kier alpha value is -1.01. The molecule has 0 spiro atoms.